The van der Waals surface area contributed by atoms with Gasteiger partial charge < -0.3 is 0 Å². The molecule has 156 valence electrons. The molecule has 0 bridgehead atoms. The molecule has 1 aliphatic rings. The predicted octanol–water partition coefficient (Wildman–Crippen LogP) is 2.97. The minimum Gasteiger partial charge on any atom is -0.298 e. The Labute approximate surface area is 188 Å². The Hall–Kier alpha value is -3.49. The Morgan fingerprint density at radius 3 is 2.26 bits per heavy atom. The average molecular weight is 453 g/mol. The van der Waals surface area contributed by atoms with Crippen LogP contribution in [0.3, 0.4) is 0 Å². The third-order valence-electron chi connectivity index (χ3n) is 5.07. The quantitative estimate of drug-likeness (QED) is 0.376. The summed E-state index contributed by atoms with van der Waals surface area (Å²) >= 11 is 11.1. The number of benzene rings is 2. The molecule has 7 nitrogen and oxygen atoms in total. The van der Waals surface area contributed by atoms with Crippen LogP contribution in [0.5, 0.6) is 0 Å². The highest BCUT2D eigenvalue weighted by Gasteiger charge is 2.35. The van der Waals surface area contributed by atoms with Crippen LogP contribution in [0.4, 0.5) is 5.69 Å². The second-order valence-corrected chi connectivity index (χ2v) is 7.73. The lowest BCUT2D eigenvalue weighted by molar-refractivity contribution is -0.122. The standard InChI is InChI=1S/C22H17ClN4O3S/c1-13-17(21(30)27(25(13)2)16-6-4-3-5-7-16)12-18-19(28)24-22(31)26(20(18)29)15-10-8-14(23)9-11-15/h3-12H,1-2H3,(H,24,28,31). The smallest absolute Gasteiger partial charge is 0.278 e. The van der Waals surface area contributed by atoms with Crippen LogP contribution >= 0.6 is 23.8 Å². The van der Waals surface area contributed by atoms with Gasteiger partial charge in [-0.1, -0.05) is 29.8 Å². The Morgan fingerprint density at radius 1 is 0.968 bits per heavy atom. The zero-order chi connectivity index (χ0) is 22.3. The van der Waals surface area contributed by atoms with Crippen LogP contribution in [0.2, 0.25) is 5.02 Å². The molecule has 0 atom stereocenters. The Bertz CT molecular complexity index is 1310. The Balaban J connectivity index is 1.82. The van der Waals surface area contributed by atoms with Crippen LogP contribution in [0.15, 0.2) is 65.0 Å². The number of aromatic nitrogens is 2. The lowest BCUT2D eigenvalue weighted by Crippen LogP contribution is -2.54. The molecule has 3 aromatic rings. The number of nitrogens with zero attached hydrogens (tertiary/aromatic N) is 3. The van der Waals surface area contributed by atoms with Crippen LogP contribution in [0, 0.1) is 6.92 Å². The Morgan fingerprint density at radius 2 is 1.61 bits per heavy atom. The van der Waals surface area contributed by atoms with Crippen molar-refractivity contribution in [2.24, 2.45) is 7.05 Å². The van der Waals surface area contributed by atoms with E-state index in [1.54, 1.807) is 55.1 Å². The number of thiocarbonyl (C=S) groups is 1. The van der Waals surface area contributed by atoms with Crippen LogP contribution in [0.25, 0.3) is 11.8 Å². The Kier molecular flexibility index (Phi) is 5.34. The van der Waals surface area contributed by atoms with Gasteiger partial charge in [-0.2, -0.15) is 0 Å². The molecule has 2 aromatic carbocycles. The number of para-hydroxylation sites is 1. The number of anilines is 1. The van der Waals surface area contributed by atoms with E-state index in [2.05, 4.69) is 5.32 Å². The molecule has 1 N–H and O–H groups in total. The van der Waals surface area contributed by atoms with Gasteiger partial charge in [0.25, 0.3) is 17.4 Å². The van der Waals surface area contributed by atoms with Crippen LogP contribution in [-0.4, -0.2) is 26.3 Å². The predicted molar refractivity (Wildman–Crippen MR) is 123 cm³/mol. The van der Waals surface area contributed by atoms with Crippen molar-refractivity contribution >= 4 is 52.5 Å². The first-order chi connectivity index (χ1) is 14.8. The van der Waals surface area contributed by atoms with Crippen molar-refractivity contribution in [1.29, 1.82) is 0 Å². The molecule has 4 rings (SSSR count). The summed E-state index contributed by atoms with van der Waals surface area (Å²) in [5.74, 6) is -1.28. The topological polar surface area (TPSA) is 76.3 Å². The summed E-state index contributed by atoms with van der Waals surface area (Å²) in [6, 6.07) is 15.6. The van der Waals surface area contributed by atoms with Crippen LogP contribution in [0.1, 0.15) is 11.3 Å². The van der Waals surface area contributed by atoms with Crippen LogP contribution in [-0.2, 0) is 16.6 Å². The largest absolute Gasteiger partial charge is 0.298 e. The molecule has 0 spiro atoms. The first-order valence-electron chi connectivity index (χ1n) is 9.30. The monoisotopic (exact) mass is 452 g/mol. The molecule has 0 aliphatic carbocycles. The molecule has 0 saturated carbocycles. The van der Waals surface area contributed by atoms with Gasteiger partial charge in [0.2, 0.25) is 0 Å². The maximum Gasteiger partial charge on any atom is 0.278 e. The lowest BCUT2D eigenvalue weighted by Gasteiger charge is -2.28. The summed E-state index contributed by atoms with van der Waals surface area (Å²) in [5.41, 5.74) is 1.45. The molecule has 1 saturated heterocycles. The fraction of sp³-hybridized carbons (Fsp3) is 0.0909. The minimum absolute atomic E-state index is 0.0408. The van der Waals surface area contributed by atoms with E-state index in [9.17, 15) is 14.4 Å². The van der Waals surface area contributed by atoms with E-state index in [1.807, 2.05) is 18.2 Å². The second-order valence-electron chi connectivity index (χ2n) is 6.91. The number of carbonyl (C=O) groups is 2. The summed E-state index contributed by atoms with van der Waals surface area (Å²) in [5, 5.41) is 2.98. The maximum absolute atomic E-state index is 13.2. The third kappa shape index (κ3) is 3.60. The van der Waals surface area contributed by atoms with Crippen molar-refractivity contribution < 1.29 is 9.59 Å². The zero-order valence-corrected chi connectivity index (χ0v) is 18.2. The van der Waals surface area contributed by atoms with Crippen molar-refractivity contribution in [3.63, 3.8) is 0 Å². The first kappa shape index (κ1) is 20.8. The van der Waals surface area contributed by atoms with E-state index in [-0.39, 0.29) is 21.8 Å². The summed E-state index contributed by atoms with van der Waals surface area (Å²) in [6.45, 7) is 1.75. The molecular weight excluding hydrogens is 436 g/mol. The number of hydrogen-bond donors (Lipinski definition) is 1. The van der Waals surface area contributed by atoms with Gasteiger partial charge >= 0.3 is 0 Å². The van der Waals surface area contributed by atoms with E-state index in [0.717, 1.165) is 0 Å². The second kappa shape index (κ2) is 7.98. The molecular formula is C22H17ClN4O3S. The van der Waals surface area contributed by atoms with Gasteiger partial charge in [0.1, 0.15) is 5.57 Å². The molecule has 0 unspecified atom stereocenters. The van der Waals surface area contributed by atoms with Crippen molar-refractivity contribution in [3.05, 3.63) is 86.8 Å². The van der Waals surface area contributed by atoms with Crippen LogP contribution < -0.4 is 15.8 Å². The highest BCUT2D eigenvalue weighted by atomic mass is 35.5. The third-order valence-corrected chi connectivity index (χ3v) is 5.61. The molecule has 31 heavy (non-hydrogen) atoms. The molecule has 0 radical (unpaired) electrons. The summed E-state index contributed by atoms with van der Waals surface area (Å²) in [7, 11) is 1.74. The van der Waals surface area contributed by atoms with E-state index in [0.29, 0.717) is 22.1 Å². The van der Waals surface area contributed by atoms with E-state index < -0.39 is 11.8 Å². The maximum atomic E-state index is 13.2. The van der Waals surface area contributed by atoms with Crippen molar-refractivity contribution in [2.45, 2.75) is 6.92 Å². The van der Waals surface area contributed by atoms with Gasteiger partial charge in [-0.25, -0.2) is 4.68 Å². The van der Waals surface area contributed by atoms with Crippen molar-refractivity contribution in [1.82, 2.24) is 14.7 Å². The normalized spacial score (nSPS) is 15.5. The highest BCUT2D eigenvalue weighted by molar-refractivity contribution is 7.80. The van der Waals surface area contributed by atoms with E-state index >= 15 is 0 Å². The average Bonchev–Trinajstić information content (AvgIpc) is 2.95. The molecule has 9 heteroatoms. The van der Waals surface area contributed by atoms with Crippen molar-refractivity contribution in [2.75, 3.05) is 4.90 Å². The SMILES string of the molecule is Cc1c(C=C2C(=O)NC(=S)N(c3ccc(Cl)cc3)C2=O)c(=O)n(-c2ccccc2)n1C. The minimum atomic E-state index is -0.658. The van der Waals surface area contributed by atoms with E-state index in [4.69, 9.17) is 23.8 Å². The number of rotatable bonds is 3. The van der Waals surface area contributed by atoms with Gasteiger partial charge in [0.05, 0.1) is 16.9 Å². The molecule has 1 aliphatic heterocycles. The molecule has 1 fully saturated rings. The van der Waals surface area contributed by atoms with E-state index in [1.165, 1.54) is 15.7 Å². The van der Waals surface area contributed by atoms with Gasteiger partial charge in [-0.15, -0.1) is 0 Å². The summed E-state index contributed by atoms with van der Waals surface area (Å²) in [4.78, 5) is 40.1. The number of hydrogen-bond acceptors (Lipinski definition) is 4. The van der Waals surface area contributed by atoms with Gasteiger partial charge in [0.15, 0.2) is 5.11 Å². The molecule has 2 heterocycles. The van der Waals surface area contributed by atoms with Gasteiger partial charge in [-0.05, 0) is 61.6 Å². The van der Waals surface area contributed by atoms with Gasteiger partial charge in [-0.3, -0.25) is 29.3 Å². The molecule has 1 aromatic heterocycles. The first-order valence-corrected chi connectivity index (χ1v) is 10.1. The van der Waals surface area contributed by atoms with Gasteiger partial charge in [0, 0.05) is 17.8 Å². The number of nitrogens with one attached hydrogen (secondary N) is 1. The summed E-state index contributed by atoms with van der Waals surface area (Å²) < 4.78 is 3.16. The zero-order valence-electron chi connectivity index (χ0n) is 16.6. The number of carbonyl (C=O) groups excluding carboxylic acids is 2. The summed E-state index contributed by atoms with van der Waals surface area (Å²) in [6.07, 6.45) is 1.32. The lowest BCUT2D eigenvalue weighted by atomic mass is 10.1. The number of halogens is 1. The number of amides is 2. The van der Waals surface area contributed by atoms with Crippen molar-refractivity contribution in [3.8, 4) is 5.69 Å². The fourth-order valence-corrected chi connectivity index (χ4v) is 3.79. The molecule has 2 amide bonds. The highest BCUT2D eigenvalue weighted by Crippen LogP contribution is 2.24. The fourth-order valence-electron chi connectivity index (χ4n) is 3.38.